The summed E-state index contributed by atoms with van der Waals surface area (Å²) in [5.74, 6) is 0. The third-order valence-corrected chi connectivity index (χ3v) is 2.59. The molecule has 1 aliphatic heterocycles. The second kappa shape index (κ2) is 7.04. The molecule has 0 saturated heterocycles. The van der Waals surface area contributed by atoms with Gasteiger partial charge in [0.1, 0.15) is 6.10 Å². The van der Waals surface area contributed by atoms with Crippen molar-refractivity contribution in [2.45, 2.75) is 46.1 Å². The minimum Gasteiger partial charge on any atom is -0.392 e. The van der Waals surface area contributed by atoms with Crippen molar-refractivity contribution in [3.05, 3.63) is 35.9 Å². The molecule has 16 heavy (non-hydrogen) atoms. The van der Waals surface area contributed by atoms with E-state index in [1.165, 1.54) is 5.56 Å². The molecule has 0 aromatic heterocycles. The van der Waals surface area contributed by atoms with Gasteiger partial charge < -0.3 is 4.84 Å². The fourth-order valence-electron chi connectivity index (χ4n) is 1.50. The molecule has 0 aliphatic carbocycles. The van der Waals surface area contributed by atoms with E-state index in [0.29, 0.717) is 6.10 Å². The van der Waals surface area contributed by atoms with Crippen LogP contribution in [0.5, 0.6) is 0 Å². The summed E-state index contributed by atoms with van der Waals surface area (Å²) in [5, 5.41) is 3.81. The molecule has 0 fully saturated rings. The van der Waals surface area contributed by atoms with E-state index in [-0.39, 0.29) is 0 Å². The summed E-state index contributed by atoms with van der Waals surface area (Å²) in [7, 11) is 0. The van der Waals surface area contributed by atoms with Gasteiger partial charge in [0.15, 0.2) is 0 Å². The Morgan fingerprint density at radius 1 is 1.25 bits per heavy atom. The molecule has 2 nitrogen and oxygen atoms in total. The highest BCUT2D eigenvalue weighted by Crippen LogP contribution is 2.11. The highest BCUT2D eigenvalue weighted by Gasteiger charge is 2.14. The van der Waals surface area contributed by atoms with Gasteiger partial charge in [-0.3, -0.25) is 0 Å². The van der Waals surface area contributed by atoms with E-state index in [1.807, 2.05) is 13.0 Å². The summed E-state index contributed by atoms with van der Waals surface area (Å²) < 4.78 is 0. The number of oxime groups is 1. The van der Waals surface area contributed by atoms with E-state index < -0.39 is 0 Å². The predicted octanol–water partition coefficient (Wildman–Crippen LogP) is 3.81. The first-order chi connectivity index (χ1) is 7.76. The molecular weight excluding hydrogens is 198 g/mol. The van der Waals surface area contributed by atoms with Gasteiger partial charge in [-0.1, -0.05) is 49.3 Å². The van der Waals surface area contributed by atoms with E-state index in [1.54, 1.807) is 0 Å². The maximum absolute atomic E-state index is 5.00. The number of hydrogen-bond donors (Lipinski definition) is 0. The summed E-state index contributed by atoms with van der Waals surface area (Å²) in [6.45, 7) is 6.27. The van der Waals surface area contributed by atoms with E-state index in [9.17, 15) is 0 Å². The summed E-state index contributed by atoms with van der Waals surface area (Å²) in [6.07, 6.45) is 3.60. The van der Waals surface area contributed by atoms with Crippen LogP contribution >= 0.6 is 0 Å². The van der Waals surface area contributed by atoms with Crippen LogP contribution in [0.4, 0.5) is 0 Å². The minimum absolute atomic E-state index is 0.370. The van der Waals surface area contributed by atoms with Crippen LogP contribution in [-0.2, 0) is 11.3 Å². The quantitative estimate of drug-likeness (QED) is 0.741. The molecule has 0 radical (unpaired) electrons. The van der Waals surface area contributed by atoms with Gasteiger partial charge in [0.2, 0.25) is 0 Å². The van der Waals surface area contributed by atoms with Crippen LogP contribution in [0.3, 0.4) is 0 Å². The smallest absolute Gasteiger partial charge is 0.132 e. The minimum atomic E-state index is 0.370. The molecule has 0 N–H and O–H groups in total. The third-order valence-electron chi connectivity index (χ3n) is 2.59. The zero-order chi connectivity index (χ0) is 11.8. The van der Waals surface area contributed by atoms with Crippen molar-refractivity contribution in [2.24, 2.45) is 5.16 Å². The van der Waals surface area contributed by atoms with Crippen LogP contribution < -0.4 is 0 Å². The van der Waals surface area contributed by atoms with E-state index in [0.717, 1.165) is 25.0 Å². The Morgan fingerprint density at radius 3 is 2.25 bits per heavy atom. The lowest BCUT2D eigenvalue weighted by molar-refractivity contribution is 0.0829. The molecular formula is C14H21NO. The van der Waals surface area contributed by atoms with Gasteiger partial charge >= 0.3 is 0 Å². The first-order valence-electron chi connectivity index (χ1n) is 5.99. The normalized spacial score (nSPS) is 18.2. The van der Waals surface area contributed by atoms with Crippen molar-refractivity contribution in [3.63, 3.8) is 0 Å². The Hall–Kier alpha value is -1.31. The molecule has 2 heteroatoms. The Morgan fingerprint density at radius 2 is 1.94 bits per heavy atom. The number of aryl methyl sites for hydroxylation is 1. The maximum atomic E-state index is 5.00. The second-order valence-electron chi connectivity index (χ2n) is 4.01. The number of hydrogen-bond acceptors (Lipinski definition) is 2. The standard InChI is InChI=1S/C8H10.C6H11NO/c1-2-8-6-4-3-5-7-8;1-3-6-4-5(2)7-8-6/h3-7H,2H2,1H3;6H,3-4H2,1-2H3. The van der Waals surface area contributed by atoms with Crippen LogP contribution in [0.2, 0.25) is 0 Å². The van der Waals surface area contributed by atoms with Crippen LogP contribution in [-0.4, -0.2) is 11.8 Å². The van der Waals surface area contributed by atoms with Crippen LogP contribution in [0.25, 0.3) is 0 Å². The third kappa shape index (κ3) is 4.47. The monoisotopic (exact) mass is 219 g/mol. The number of benzene rings is 1. The molecule has 0 saturated carbocycles. The number of nitrogens with zero attached hydrogens (tertiary/aromatic N) is 1. The average molecular weight is 219 g/mol. The average Bonchev–Trinajstić information content (AvgIpc) is 2.77. The van der Waals surface area contributed by atoms with Gasteiger partial charge in [0.25, 0.3) is 0 Å². The Labute approximate surface area is 98.3 Å². The molecule has 0 bridgehead atoms. The van der Waals surface area contributed by atoms with Crippen molar-refractivity contribution < 1.29 is 4.84 Å². The lowest BCUT2D eigenvalue weighted by Gasteiger charge is -2.00. The van der Waals surface area contributed by atoms with Gasteiger partial charge in [0, 0.05) is 6.42 Å². The highest BCUT2D eigenvalue weighted by molar-refractivity contribution is 5.82. The fraction of sp³-hybridized carbons (Fsp3) is 0.500. The summed E-state index contributed by atoms with van der Waals surface area (Å²) in [6, 6.07) is 10.5. The molecule has 0 amide bonds. The Bertz CT molecular complexity index is 319. The second-order valence-corrected chi connectivity index (χ2v) is 4.01. The van der Waals surface area contributed by atoms with Gasteiger partial charge in [0.05, 0.1) is 5.71 Å². The van der Waals surface area contributed by atoms with E-state index >= 15 is 0 Å². The Kier molecular flexibility index (Phi) is 5.62. The van der Waals surface area contributed by atoms with Crippen molar-refractivity contribution in [2.75, 3.05) is 0 Å². The van der Waals surface area contributed by atoms with Gasteiger partial charge in [-0.2, -0.15) is 0 Å². The molecule has 1 heterocycles. The largest absolute Gasteiger partial charge is 0.392 e. The van der Waals surface area contributed by atoms with E-state index in [2.05, 4.69) is 43.3 Å². The molecule has 1 aromatic rings. The molecule has 0 spiro atoms. The molecule has 1 aliphatic rings. The van der Waals surface area contributed by atoms with Crippen molar-refractivity contribution in [3.8, 4) is 0 Å². The van der Waals surface area contributed by atoms with Crippen LogP contribution in [0, 0.1) is 0 Å². The zero-order valence-corrected chi connectivity index (χ0v) is 10.4. The molecule has 1 atom stereocenters. The lowest BCUT2D eigenvalue weighted by Crippen LogP contribution is -2.03. The number of rotatable bonds is 2. The predicted molar refractivity (Wildman–Crippen MR) is 68.7 cm³/mol. The topological polar surface area (TPSA) is 21.6 Å². The summed E-state index contributed by atoms with van der Waals surface area (Å²) >= 11 is 0. The summed E-state index contributed by atoms with van der Waals surface area (Å²) in [5.41, 5.74) is 2.53. The maximum Gasteiger partial charge on any atom is 0.132 e. The van der Waals surface area contributed by atoms with Crippen molar-refractivity contribution in [1.29, 1.82) is 0 Å². The van der Waals surface area contributed by atoms with Crippen LogP contribution in [0.15, 0.2) is 35.5 Å². The first-order valence-corrected chi connectivity index (χ1v) is 5.99. The SMILES string of the molecule is CCC1CC(C)=NO1.CCc1ccccc1. The highest BCUT2D eigenvalue weighted by atomic mass is 16.6. The zero-order valence-electron chi connectivity index (χ0n) is 10.4. The van der Waals surface area contributed by atoms with Crippen LogP contribution in [0.1, 0.15) is 39.2 Å². The molecule has 2 rings (SSSR count). The first kappa shape index (κ1) is 12.8. The van der Waals surface area contributed by atoms with Crippen molar-refractivity contribution in [1.82, 2.24) is 0 Å². The van der Waals surface area contributed by atoms with Gasteiger partial charge in [-0.05, 0) is 25.3 Å². The molecule has 1 aromatic carbocycles. The molecule has 88 valence electrons. The van der Waals surface area contributed by atoms with Crippen molar-refractivity contribution >= 4 is 5.71 Å². The fourth-order valence-corrected chi connectivity index (χ4v) is 1.50. The van der Waals surface area contributed by atoms with Gasteiger partial charge in [-0.25, -0.2) is 0 Å². The molecule has 1 unspecified atom stereocenters. The van der Waals surface area contributed by atoms with E-state index in [4.69, 9.17) is 4.84 Å². The lowest BCUT2D eigenvalue weighted by atomic mass is 10.2. The summed E-state index contributed by atoms with van der Waals surface area (Å²) in [4.78, 5) is 5.00. The van der Waals surface area contributed by atoms with Gasteiger partial charge in [-0.15, -0.1) is 0 Å². The Balaban J connectivity index is 0.000000160.